The summed E-state index contributed by atoms with van der Waals surface area (Å²) >= 11 is 0. The summed E-state index contributed by atoms with van der Waals surface area (Å²) in [6.45, 7) is 9.52. The standard InChI is InChI=1S/C17H31N3O2/c1-4-12(2)17(22)20-9-5-6-14(11-20)16(21)19-15-7-8-18-10-13(15)3/h12-15,18H,4-11H2,1-3H3,(H,19,21). The van der Waals surface area contributed by atoms with E-state index in [1.807, 2.05) is 18.7 Å². The first-order chi connectivity index (χ1) is 10.5. The molecule has 2 saturated heterocycles. The van der Waals surface area contributed by atoms with Crippen molar-refractivity contribution in [3.05, 3.63) is 0 Å². The number of piperidine rings is 2. The van der Waals surface area contributed by atoms with Crippen LogP contribution in [0.25, 0.3) is 0 Å². The van der Waals surface area contributed by atoms with Crippen LogP contribution in [-0.2, 0) is 9.59 Å². The van der Waals surface area contributed by atoms with Crippen LogP contribution >= 0.6 is 0 Å². The second-order valence-electron chi connectivity index (χ2n) is 7.02. The van der Waals surface area contributed by atoms with Crippen LogP contribution in [0.4, 0.5) is 0 Å². The van der Waals surface area contributed by atoms with Gasteiger partial charge in [0, 0.05) is 25.0 Å². The van der Waals surface area contributed by atoms with Crippen LogP contribution in [0.5, 0.6) is 0 Å². The number of hydrogen-bond acceptors (Lipinski definition) is 3. The minimum atomic E-state index is -0.0381. The summed E-state index contributed by atoms with van der Waals surface area (Å²) in [5.74, 6) is 0.838. The zero-order valence-electron chi connectivity index (χ0n) is 14.2. The highest BCUT2D eigenvalue weighted by Crippen LogP contribution is 2.20. The third-order valence-electron chi connectivity index (χ3n) is 5.25. The van der Waals surface area contributed by atoms with Gasteiger partial charge in [-0.1, -0.05) is 20.8 Å². The number of hydrogen-bond donors (Lipinski definition) is 2. The fourth-order valence-corrected chi connectivity index (χ4v) is 3.41. The van der Waals surface area contributed by atoms with Gasteiger partial charge in [-0.25, -0.2) is 0 Å². The number of likely N-dealkylation sites (tertiary alicyclic amines) is 1. The fraction of sp³-hybridized carbons (Fsp3) is 0.882. The molecule has 4 atom stereocenters. The SMILES string of the molecule is CCC(C)C(=O)N1CCCC(C(=O)NC2CCNCC2C)C1. The molecule has 0 aliphatic carbocycles. The molecule has 5 heteroatoms. The van der Waals surface area contributed by atoms with E-state index in [0.29, 0.717) is 12.5 Å². The smallest absolute Gasteiger partial charge is 0.225 e. The first kappa shape index (κ1) is 17.3. The summed E-state index contributed by atoms with van der Waals surface area (Å²) < 4.78 is 0. The van der Waals surface area contributed by atoms with Crippen LogP contribution in [0.3, 0.4) is 0 Å². The average molecular weight is 309 g/mol. The predicted molar refractivity (Wildman–Crippen MR) is 87.3 cm³/mol. The molecule has 2 aliphatic rings. The lowest BCUT2D eigenvalue weighted by atomic mass is 9.92. The molecule has 0 spiro atoms. The van der Waals surface area contributed by atoms with E-state index in [4.69, 9.17) is 0 Å². The minimum Gasteiger partial charge on any atom is -0.353 e. The van der Waals surface area contributed by atoms with E-state index < -0.39 is 0 Å². The molecule has 0 aromatic rings. The van der Waals surface area contributed by atoms with Gasteiger partial charge in [0.2, 0.25) is 11.8 Å². The average Bonchev–Trinajstić information content (AvgIpc) is 2.55. The molecular formula is C17H31N3O2. The molecule has 0 aromatic carbocycles. The van der Waals surface area contributed by atoms with Gasteiger partial charge in [-0.05, 0) is 44.7 Å². The van der Waals surface area contributed by atoms with Crippen LogP contribution in [-0.4, -0.2) is 48.9 Å². The Balaban J connectivity index is 1.88. The first-order valence-corrected chi connectivity index (χ1v) is 8.82. The van der Waals surface area contributed by atoms with Crippen molar-refractivity contribution in [3.63, 3.8) is 0 Å². The van der Waals surface area contributed by atoms with Gasteiger partial charge in [-0.2, -0.15) is 0 Å². The van der Waals surface area contributed by atoms with Crippen molar-refractivity contribution in [2.75, 3.05) is 26.2 Å². The summed E-state index contributed by atoms with van der Waals surface area (Å²) in [4.78, 5) is 26.8. The van der Waals surface area contributed by atoms with Crippen molar-refractivity contribution in [1.29, 1.82) is 0 Å². The Kier molecular flexibility index (Phi) is 6.24. The Hall–Kier alpha value is -1.10. The van der Waals surface area contributed by atoms with E-state index >= 15 is 0 Å². The van der Waals surface area contributed by atoms with Crippen LogP contribution in [0.2, 0.25) is 0 Å². The largest absolute Gasteiger partial charge is 0.353 e. The van der Waals surface area contributed by atoms with E-state index in [2.05, 4.69) is 17.6 Å². The first-order valence-electron chi connectivity index (χ1n) is 8.82. The highest BCUT2D eigenvalue weighted by Gasteiger charge is 2.32. The summed E-state index contributed by atoms with van der Waals surface area (Å²) in [7, 11) is 0. The van der Waals surface area contributed by atoms with E-state index in [1.54, 1.807) is 0 Å². The Morgan fingerprint density at radius 1 is 1.36 bits per heavy atom. The highest BCUT2D eigenvalue weighted by atomic mass is 16.2. The van der Waals surface area contributed by atoms with Gasteiger partial charge < -0.3 is 15.5 Å². The van der Waals surface area contributed by atoms with Crippen molar-refractivity contribution in [2.45, 2.75) is 52.5 Å². The van der Waals surface area contributed by atoms with Gasteiger partial charge in [0.05, 0.1) is 5.92 Å². The molecule has 2 amide bonds. The summed E-state index contributed by atoms with van der Waals surface area (Å²) in [6, 6.07) is 0.273. The molecule has 5 nitrogen and oxygen atoms in total. The van der Waals surface area contributed by atoms with Crippen LogP contribution in [0.15, 0.2) is 0 Å². The van der Waals surface area contributed by atoms with Gasteiger partial charge in [0.15, 0.2) is 0 Å². The number of nitrogens with one attached hydrogen (secondary N) is 2. The van der Waals surface area contributed by atoms with E-state index in [0.717, 1.165) is 45.3 Å². The quantitative estimate of drug-likeness (QED) is 0.825. The third-order valence-corrected chi connectivity index (χ3v) is 5.25. The summed E-state index contributed by atoms with van der Waals surface area (Å²) in [6.07, 6.45) is 3.69. The molecule has 126 valence electrons. The van der Waals surface area contributed by atoms with Gasteiger partial charge in [0.25, 0.3) is 0 Å². The van der Waals surface area contributed by atoms with Gasteiger partial charge in [0.1, 0.15) is 0 Å². The lowest BCUT2D eigenvalue weighted by Crippen LogP contribution is -2.52. The topological polar surface area (TPSA) is 61.4 Å². The molecule has 0 saturated carbocycles. The van der Waals surface area contributed by atoms with E-state index in [9.17, 15) is 9.59 Å². The van der Waals surface area contributed by atoms with Gasteiger partial charge in [-0.15, -0.1) is 0 Å². The van der Waals surface area contributed by atoms with Crippen molar-refractivity contribution in [2.24, 2.45) is 17.8 Å². The Labute approximate surface area is 134 Å². The third kappa shape index (κ3) is 4.22. The fourth-order valence-electron chi connectivity index (χ4n) is 3.41. The molecule has 2 aliphatic heterocycles. The van der Waals surface area contributed by atoms with Gasteiger partial charge in [-0.3, -0.25) is 9.59 Å². The molecule has 2 rings (SSSR count). The molecule has 0 radical (unpaired) electrons. The van der Waals surface area contributed by atoms with Crippen molar-refractivity contribution < 1.29 is 9.59 Å². The maximum absolute atomic E-state index is 12.5. The summed E-state index contributed by atoms with van der Waals surface area (Å²) in [5, 5.41) is 6.58. The second-order valence-corrected chi connectivity index (χ2v) is 7.02. The number of nitrogens with zero attached hydrogens (tertiary/aromatic N) is 1. The molecule has 2 heterocycles. The van der Waals surface area contributed by atoms with Crippen LogP contribution < -0.4 is 10.6 Å². The lowest BCUT2D eigenvalue weighted by molar-refractivity contribution is -0.139. The van der Waals surface area contributed by atoms with E-state index in [-0.39, 0.29) is 29.7 Å². The normalized spacial score (nSPS) is 30.7. The number of amides is 2. The molecule has 2 N–H and O–H groups in total. The van der Waals surface area contributed by atoms with Crippen molar-refractivity contribution in [3.8, 4) is 0 Å². The van der Waals surface area contributed by atoms with E-state index in [1.165, 1.54) is 0 Å². The Bertz CT molecular complexity index is 399. The van der Waals surface area contributed by atoms with Crippen LogP contribution in [0.1, 0.15) is 46.5 Å². The number of carbonyl (C=O) groups excluding carboxylic acids is 2. The second kappa shape index (κ2) is 7.95. The zero-order chi connectivity index (χ0) is 16.1. The molecule has 0 bridgehead atoms. The molecular weight excluding hydrogens is 278 g/mol. The monoisotopic (exact) mass is 309 g/mol. The highest BCUT2D eigenvalue weighted by molar-refractivity contribution is 5.82. The maximum atomic E-state index is 12.5. The predicted octanol–water partition coefficient (Wildman–Crippen LogP) is 1.39. The lowest BCUT2D eigenvalue weighted by Gasteiger charge is -2.36. The van der Waals surface area contributed by atoms with Gasteiger partial charge >= 0.3 is 0 Å². The molecule has 0 aromatic heterocycles. The number of rotatable bonds is 4. The summed E-state index contributed by atoms with van der Waals surface area (Å²) in [5.41, 5.74) is 0. The Morgan fingerprint density at radius 2 is 2.14 bits per heavy atom. The zero-order valence-corrected chi connectivity index (χ0v) is 14.2. The molecule has 4 unspecified atom stereocenters. The molecule has 22 heavy (non-hydrogen) atoms. The maximum Gasteiger partial charge on any atom is 0.225 e. The Morgan fingerprint density at radius 3 is 2.82 bits per heavy atom. The molecule has 2 fully saturated rings. The minimum absolute atomic E-state index is 0.0381. The van der Waals surface area contributed by atoms with Crippen molar-refractivity contribution in [1.82, 2.24) is 15.5 Å². The van der Waals surface area contributed by atoms with Crippen LogP contribution in [0, 0.1) is 17.8 Å². The number of carbonyl (C=O) groups is 2. The van der Waals surface area contributed by atoms with Crippen molar-refractivity contribution >= 4 is 11.8 Å².